The monoisotopic (exact) mass is 294 g/mol. The largest absolute Gasteiger partial charge is 0.383 e. The molecule has 1 aromatic rings. The number of rotatable bonds is 6. The molecule has 0 aliphatic heterocycles. The molecular weight excluding hydrogens is 262 g/mol. The van der Waals surface area contributed by atoms with Crippen molar-refractivity contribution in [2.75, 3.05) is 24.5 Å². The maximum atomic E-state index is 12.7. The van der Waals surface area contributed by atoms with Gasteiger partial charge in [0.2, 0.25) is 5.91 Å². The number of para-hydroxylation sites is 1. The van der Waals surface area contributed by atoms with Crippen molar-refractivity contribution in [2.24, 2.45) is 0 Å². The van der Waals surface area contributed by atoms with Crippen molar-refractivity contribution < 1.29 is 24.6 Å². The molecule has 1 unspecified atom stereocenters. The summed E-state index contributed by atoms with van der Waals surface area (Å²) < 4.78 is 91.7. The number of amides is 1. The van der Waals surface area contributed by atoms with Gasteiger partial charge in [-0.2, -0.15) is 0 Å². The number of hydrogen-bond acceptors (Lipinski definition) is 2. The Hall–Kier alpha value is -1.06. The summed E-state index contributed by atoms with van der Waals surface area (Å²) in [6.45, 7) is -5.25. The molecule has 4 heteroatoms. The zero-order valence-electron chi connectivity index (χ0n) is 21.6. The van der Waals surface area contributed by atoms with Gasteiger partial charge in [-0.25, -0.2) is 0 Å². The molecule has 19 heavy (non-hydrogen) atoms. The van der Waals surface area contributed by atoms with Gasteiger partial charge < -0.3 is 9.64 Å². The number of carbonyl (C=O) groups excluding carboxylic acids is 1. The molecule has 0 aliphatic carbocycles. The molecule has 1 aromatic carbocycles. The third-order valence-corrected chi connectivity index (χ3v) is 2.67. The van der Waals surface area contributed by atoms with Crippen LogP contribution >= 0.6 is 11.6 Å². The van der Waals surface area contributed by atoms with E-state index in [4.69, 9.17) is 31.4 Å². The second-order valence-corrected chi connectivity index (χ2v) is 4.07. The highest BCUT2D eigenvalue weighted by molar-refractivity contribution is 6.29. The summed E-state index contributed by atoms with van der Waals surface area (Å²) >= 11 is 5.67. The first-order chi connectivity index (χ1) is 13.4. The lowest BCUT2D eigenvalue weighted by Crippen LogP contribution is -2.43. The topological polar surface area (TPSA) is 29.5 Å². The number of alkyl halides is 1. The second-order valence-electron chi connectivity index (χ2n) is 3.80. The van der Waals surface area contributed by atoms with Crippen molar-refractivity contribution in [2.45, 2.75) is 33.0 Å². The van der Waals surface area contributed by atoms with Crippen molar-refractivity contribution >= 4 is 23.2 Å². The maximum Gasteiger partial charge on any atom is 0.242 e. The van der Waals surface area contributed by atoms with Gasteiger partial charge in [-0.3, -0.25) is 4.79 Å². The van der Waals surface area contributed by atoms with E-state index in [-0.39, 0.29) is 6.61 Å². The van der Waals surface area contributed by atoms with Crippen LogP contribution in [-0.2, 0) is 15.9 Å². The van der Waals surface area contributed by atoms with Crippen LogP contribution < -0.4 is 4.90 Å². The van der Waals surface area contributed by atoms with E-state index in [0.717, 1.165) is 4.90 Å². The lowest BCUT2D eigenvalue weighted by Gasteiger charge is -2.31. The molecule has 0 heterocycles. The van der Waals surface area contributed by atoms with Crippen LogP contribution in [0.1, 0.15) is 40.0 Å². The first-order valence-electron chi connectivity index (χ1n) is 11.0. The molecule has 0 fully saturated rings. The van der Waals surface area contributed by atoms with Gasteiger partial charge in [0.05, 0.1) is 22.4 Å². The highest BCUT2D eigenvalue weighted by Crippen LogP contribution is 2.28. The molecule has 0 bridgehead atoms. The molecular formula is C15H22ClNO2. The van der Waals surface area contributed by atoms with Crippen LogP contribution in [0.3, 0.4) is 0 Å². The summed E-state index contributed by atoms with van der Waals surface area (Å²) in [4.78, 5) is 13.4. The Morgan fingerprint density at radius 2 is 2.47 bits per heavy atom. The lowest BCUT2D eigenvalue weighted by atomic mass is 10.0. The Bertz CT molecular complexity index is 807. The molecule has 0 aliphatic rings. The van der Waals surface area contributed by atoms with E-state index in [1.54, 1.807) is 0 Å². The molecule has 0 saturated heterocycles. The number of carbonyl (C=O) groups is 1. The summed E-state index contributed by atoms with van der Waals surface area (Å²) in [5.41, 5.74) is -2.67. The summed E-state index contributed by atoms with van der Waals surface area (Å²) in [5, 5.41) is 0. The molecule has 0 aromatic heterocycles. The van der Waals surface area contributed by atoms with E-state index >= 15 is 0 Å². The van der Waals surface area contributed by atoms with E-state index in [0.29, 0.717) is 0 Å². The number of anilines is 1. The maximum absolute atomic E-state index is 12.7. The minimum absolute atomic E-state index is 0.164. The molecule has 1 amide bonds. The van der Waals surface area contributed by atoms with Crippen LogP contribution in [0.2, 0.25) is 0 Å². The van der Waals surface area contributed by atoms with Crippen molar-refractivity contribution in [1.29, 1.82) is 0 Å². The van der Waals surface area contributed by atoms with Gasteiger partial charge in [0, 0.05) is 18.1 Å². The molecule has 0 spiro atoms. The standard InChI is InChI=1S/C15H22ClNO2/c1-5-13-8-6-7-11(2)15(13)17(14(18)9-16)12(3)10-19-4/h6-8,12H,5,9-10H2,1-4H3/i1D3,2D3,5D2,6D,7D,8D. The first-order valence-corrected chi connectivity index (χ1v) is 6.00. The molecule has 1 rings (SSSR count). The Morgan fingerprint density at radius 3 is 3.05 bits per heavy atom. The van der Waals surface area contributed by atoms with Gasteiger partial charge in [-0.1, -0.05) is 25.0 Å². The third kappa shape index (κ3) is 3.71. The fraction of sp³-hybridized carbons (Fsp3) is 0.533. The summed E-state index contributed by atoms with van der Waals surface area (Å²) in [6.07, 6.45) is -3.32. The normalized spacial score (nSPS) is 22.8. The van der Waals surface area contributed by atoms with Crippen LogP contribution in [0.4, 0.5) is 5.69 Å². The molecule has 106 valence electrons. The molecule has 1 atom stereocenters. The third-order valence-electron chi connectivity index (χ3n) is 2.45. The van der Waals surface area contributed by atoms with E-state index in [9.17, 15) is 4.79 Å². The second kappa shape index (κ2) is 7.51. The summed E-state index contributed by atoms with van der Waals surface area (Å²) in [6, 6.07) is -3.85. The quantitative estimate of drug-likeness (QED) is 0.754. The Balaban J connectivity index is 4.32. The highest BCUT2D eigenvalue weighted by atomic mass is 35.5. The van der Waals surface area contributed by atoms with Crippen LogP contribution in [0, 0.1) is 6.85 Å². The van der Waals surface area contributed by atoms with Gasteiger partial charge in [-0.05, 0) is 31.3 Å². The SMILES string of the molecule is [2H]c1c([2H])c(C([2H])([2H])[2H])c(N(C(=O)CCl)C(C)COC)c(C([2H])([2H])C([2H])([2H])[2H])c1[2H]. The number of nitrogens with zero attached hydrogens (tertiary/aromatic N) is 1. The van der Waals surface area contributed by atoms with Crippen LogP contribution in [0.15, 0.2) is 18.1 Å². The minimum atomic E-state index is -3.38. The average Bonchev–Trinajstić information content (AvgIpc) is 2.57. The van der Waals surface area contributed by atoms with Crippen molar-refractivity contribution in [3.8, 4) is 0 Å². The van der Waals surface area contributed by atoms with Gasteiger partial charge in [0.15, 0.2) is 0 Å². The van der Waals surface area contributed by atoms with E-state index in [1.165, 1.54) is 14.0 Å². The molecule has 0 radical (unpaired) electrons. The van der Waals surface area contributed by atoms with Gasteiger partial charge in [0.1, 0.15) is 5.88 Å². The van der Waals surface area contributed by atoms with Crippen LogP contribution in [-0.4, -0.2) is 31.5 Å². The zero-order chi connectivity index (χ0) is 23.8. The number of methoxy groups -OCH3 is 1. The fourth-order valence-corrected chi connectivity index (χ4v) is 1.83. The molecule has 3 nitrogen and oxygen atoms in total. The predicted octanol–water partition coefficient (Wildman–Crippen LogP) is 3.16. The smallest absolute Gasteiger partial charge is 0.242 e. The van der Waals surface area contributed by atoms with Crippen molar-refractivity contribution in [1.82, 2.24) is 0 Å². The van der Waals surface area contributed by atoms with Crippen molar-refractivity contribution in [3.63, 3.8) is 0 Å². The van der Waals surface area contributed by atoms with Gasteiger partial charge in [-0.15, -0.1) is 11.6 Å². The van der Waals surface area contributed by atoms with E-state index in [1.807, 2.05) is 0 Å². The zero-order valence-corrected chi connectivity index (χ0v) is 11.4. The lowest BCUT2D eigenvalue weighted by molar-refractivity contribution is -0.116. The van der Waals surface area contributed by atoms with Crippen LogP contribution in [0.5, 0.6) is 0 Å². The number of ether oxygens (including phenoxy) is 1. The minimum Gasteiger partial charge on any atom is -0.383 e. The average molecular weight is 295 g/mol. The van der Waals surface area contributed by atoms with Crippen LogP contribution in [0.25, 0.3) is 0 Å². The Morgan fingerprint density at radius 1 is 1.68 bits per heavy atom. The highest BCUT2D eigenvalue weighted by Gasteiger charge is 2.24. The summed E-state index contributed by atoms with van der Waals surface area (Å²) in [5.74, 6) is -1.58. The molecule has 0 saturated carbocycles. The number of hydrogen-bond donors (Lipinski definition) is 0. The predicted molar refractivity (Wildman–Crippen MR) is 80.1 cm³/mol. The van der Waals surface area contributed by atoms with Gasteiger partial charge in [0.25, 0.3) is 0 Å². The van der Waals surface area contributed by atoms with Gasteiger partial charge >= 0.3 is 0 Å². The fourth-order valence-electron chi connectivity index (χ4n) is 1.70. The van der Waals surface area contributed by atoms with E-state index < -0.39 is 72.8 Å². The molecule has 0 N–H and O–H groups in total. The van der Waals surface area contributed by atoms with E-state index in [2.05, 4.69) is 0 Å². The Kier molecular flexibility index (Phi) is 2.43. The first kappa shape index (κ1) is 6.15. The Labute approximate surface area is 136 Å². The number of halogens is 1. The van der Waals surface area contributed by atoms with Crippen molar-refractivity contribution in [3.05, 3.63) is 29.3 Å². The number of benzene rings is 1. The summed E-state index contributed by atoms with van der Waals surface area (Å²) in [7, 11) is 1.30.